The molecule has 92 valence electrons. The molecule has 0 aromatic carbocycles. The normalized spacial score (nSPS) is 13.3. The summed E-state index contributed by atoms with van der Waals surface area (Å²) in [5.74, 6) is 0.817. The Kier molecular flexibility index (Phi) is 6.07. The van der Waals surface area contributed by atoms with E-state index in [2.05, 4.69) is 44.5 Å². The van der Waals surface area contributed by atoms with Crippen LogP contribution in [-0.2, 0) is 13.0 Å². The van der Waals surface area contributed by atoms with Crippen molar-refractivity contribution in [2.24, 2.45) is 5.92 Å². The molecule has 1 aromatic heterocycles. The summed E-state index contributed by atoms with van der Waals surface area (Å²) in [5.41, 5.74) is 1.51. The molecule has 1 atom stereocenters. The minimum absolute atomic E-state index is 0.634. The van der Waals surface area contributed by atoms with Gasteiger partial charge in [-0.2, -0.15) is 0 Å². The third-order valence-corrected chi connectivity index (χ3v) is 3.97. The van der Waals surface area contributed by atoms with Crippen LogP contribution in [0, 0.1) is 5.92 Å². The van der Waals surface area contributed by atoms with Gasteiger partial charge in [0.2, 0.25) is 0 Å². The van der Waals surface area contributed by atoms with E-state index in [1.807, 2.05) is 11.3 Å². The van der Waals surface area contributed by atoms with Crippen LogP contribution in [0.1, 0.15) is 51.0 Å². The van der Waals surface area contributed by atoms with Gasteiger partial charge in [0.15, 0.2) is 0 Å². The van der Waals surface area contributed by atoms with Crippen LogP contribution in [0.15, 0.2) is 11.4 Å². The van der Waals surface area contributed by atoms with Gasteiger partial charge in [-0.1, -0.05) is 20.8 Å². The van der Waals surface area contributed by atoms with Gasteiger partial charge in [0.05, 0.1) is 0 Å². The molecular weight excluding hydrogens is 214 g/mol. The highest BCUT2D eigenvalue weighted by Crippen LogP contribution is 2.17. The molecule has 2 heteroatoms. The first kappa shape index (κ1) is 13.7. The van der Waals surface area contributed by atoms with E-state index < -0.39 is 0 Å². The SMILES string of the molecule is CCc1ccsc1CNC(C)CCC(C)C. The summed E-state index contributed by atoms with van der Waals surface area (Å²) in [5, 5.41) is 5.83. The molecule has 1 nitrogen and oxygen atoms in total. The van der Waals surface area contributed by atoms with Gasteiger partial charge in [0.1, 0.15) is 0 Å². The van der Waals surface area contributed by atoms with Gasteiger partial charge >= 0.3 is 0 Å². The molecule has 1 aromatic rings. The zero-order valence-electron chi connectivity index (χ0n) is 11.0. The molecule has 0 aliphatic heterocycles. The van der Waals surface area contributed by atoms with Crippen LogP contribution < -0.4 is 5.32 Å². The van der Waals surface area contributed by atoms with Crippen LogP contribution in [0.3, 0.4) is 0 Å². The summed E-state index contributed by atoms with van der Waals surface area (Å²) in [7, 11) is 0. The van der Waals surface area contributed by atoms with E-state index in [1.54, 1.807) is 0 Å². The molecule has 16 heavy (non-hydrogen) atoms. The van der Waals surface area contributed by atoms with E-state index in [0.717, 1.165) is 18.9 Å². The number of hydrogen-bond acceptors (Lipinski definition) is 2. The molecule has 0 saturated carbocycles. The average Bonchev–Trinajstić information content (AvgIpc) is 2.70. The topological polar surface area (TPSA) is 12.0 Å². The third-order valence-electron chi connectivity index (χ3n) is 3.01. The fourth-order valence-electron chi connectivity index (χ4n) is 1.79. The zero-order chi connectivity index (χ0) is 12.0. The van der Waals surface area contributed by atoms with Crippen molar-refractivity contribution in [3.63, 3.8) is 0 Å². The number of rotatable bonds is 7. The molecule has 0 radical (unpaired) electrons. The number of nitrogens with one attached hydrogen (secondary N) is 1. The van der Waals surface area contributed by atoms with Crippen molar-refractivity contribution >= 4 is 11.3 Å². The fourth-order valence-corrected chi connectivity index (χ4v) is 2.72. The summed E-state index contributed by atoms with van der Waals surface area (Å²) in [6.45, 7) is 10.2. The lowest BCUT2D eigenvalue weighted by Crippen LogP contribution is -2.25. The maximum absolute atomic E-state index is 3.63. The smallest absolute Gasteiger partial charge is 0.0304 e. The second-order valence-corrected chi connectivity index (χ2v) is 5.98. The van der Waals surface area contributed by atoms with E-state index in [1.165, 1.54) is 23.3 Å². The van der Waals surface area contributed by atoms with Crippen LogP contribution in [0.2, 0.25) is 0 Å². The Morgan fingerprint density at radius 1 is 1.25 bits per heavy atom. The fraction of sp³-hybridized carbons (Fsp3) is 0.714. The van der Waals surface area contributed by atoms with Crippen molar-refractivity contribution in [2.45, 2.75) is 59.5 Å². The van der Waals surface area contributed by atoms with Crippen molar-refractivity contribution in [3.05, 3.63) is 21.9 Å². The summed E-state index contributed by atoms with van der Waals surface area (Å²) in [6.07, 6.45) is 3.75. The van der Waals surface area contributed by atoms with Gasteiger partial charge in [-0.15, -0.1) is 11.3 Å². The monoisotopic (exact) mass is 239 g/mol. The first-order valence-corrected chi connectivity index (χ1v) is 7.30. The highest BCUT2D eigenvalue weighted by Gasteiger charge is 2.06. The predicted octanol–water partition coefficient (Wildman–Crippen LogP) is 4.22. The average molecular weight is 239 g/mol. The van der Waals surface area contributed by atoms with Gasteiger partial charge in [0, 0.05) is 17.5 Å². The molecule has 0 aliphatic carbocycles. The number of hydrogen-bond donors (Lipinski definition) is 1. The first-order valence-electron chi connectivity index (χ1n) is 6.42. The van der Waals surface area contributed by atoms with E-state index in [9.17, 15) is 0 Å². The molecule has 0 aliphatic rings. The maximum atomic E-state index is 3.63. The lowest BCUT2D eigenvalue weighted by atomic mass is 10.0. The molecule has 1 N–H and O–H groups in total. The largest absolute Gasteiger partial charge is 0.309 e. The Morgan fingerprint density at radius 2 is 2.00 bits per heavy atom. The standard InChI is InChI=1S/C14H25NS/c1-5-13-8-9-16-14(13)10-15-12(4)7-6-11(2)3/h8-9,11-12,15H,5-7,10H2,1-4H3. The van der Waals surface area contributed by atoms with Crippen LogP contribution >= 0.6 is 11.3 Å². The van der Waals surface area contributed by atoms with Crippen molar-refractivity contribution in [1.29, 1.82) is 0 Å². The molecule has 1 rings (SSSR count). The lowest BCUT2D eigenvalue weighted by Gasteiger charge is -2.15. The van der Waals surface area contributed by atoms with Crippen LogP contribution in [0.5, 0.6) is 0 Å². The highest BCUT2D eigenvalue weighted by atomic mass is 32.1. The molecule has 0 saturated heterocycles. The van der Waals surface area contributed by atoms with Crippen molar-refractivity contribution in [1.82, 2.24) is 5.32 Å². The number of thiophene rings is 1. The van der Waals surface area contributed by atoms with Crippen molar-refractivity contribution in [3.8, 4) is 0 Å². The summed E-state index contributed by atoms with van der Waals surface area (Å²) in [4.78, 5) is 1.51. The minimum atomic E-state index is 0.634. The van der Waals surface area contributed by atoms with E-state index in [0.29, 0.717) is 6.04 Å². The quantitative estimate of drug-likeness (QED) is 0.751. The Labute approximate surface area is 104 Å². The lowest BCUT2D eigenvalue weighted by molar-refractivity contribution is 0.451. The second kappa shape index (κ2) is 7.08. The van der Waals surface area contributed by atoms with Gasteiger partial charge in [-0.05, 0) is 49.1 Å². The highest BCUT2D eigenvalue weighted by molar-refractivity contribution is 7.10. The van der Waals surface area contributed by atoms with Gasteiger partial charge in [-0.3, -0.25) is 0 Å². The van der Waals surface area contributed by atoms with Crippen molar-refractivity contribution in [2.75, 3.05) is 0 Å². The molecule has 1 unspecified atom stereocenters. The summed E-state index contributed by atoms with van der Waals surface area (Å²) < 4.78 is 0. The molecule has 0 amide bonds. The van der Waals surface area contributed by atoms with E-state index in [-0.39, 0.29) is 0 Å². The Hall–Kier alpha value is -0.340. The molecule has 0 spiro atoms. The van der Waals surface area contributed by atoms with Gasteiger partial charge in [-0.25, -0.2) is 0 Å². The Balaban J connectivity index is 2.28. The zero-order valence-corrected chi connectivity index (χ0v) is 11.9. The Bertz CT molecular complexity index is 291. The van der Waals surface area contributed by atoms with Crippen molar-refractivity contribution < 1.29 is 0 Å². The van der Waals surface area contributed by atoms with Crippen LogP contribution in [-0.4, -0.2) is 6.04 Å². The second-order valence-electron chi connectivity index (χ2n) is 4.98. The maximum Gasteiger partial charge on any atom is 0.0304 e. The minimum Gasteiger partial charge on any atom is -0.309 e. The molecule has 1 heterocycles. The molecular formula is C14H25NS. The van der Waals surface area contributed by atoms with Gasteiger partial charge < -0.3 is 5.32 Å². The molecule has 0 fully saturated rings. The number of aryl methyl sites for hydroxylation is 1. The molecule has 0 bridgehead atoms. The summed E-state index contributed by atoms with van der Waals surface area (Å²) in [6, 6.07) is 2.88. The van der Waals surface area contributed by atoms with Crippen LogP contribution in [0.4, 0.5) is 0 Å². The third kappa shape index (κ3) is 4.67. The van der Waals surface area contributed by atoms with E-state index >= 15 is 0 Å². The predicted molar refractivity (Wildman–Crippen MR) is 74.1 cm³/mol. The van der Waals surface area contributed by atoms with E-state index in [4.69, 9.17) is 0 Å². The summed E-state index contributed by atoms with van der Waals surface area (Å²) >= 11 is 1.88. The Morgan fingerprint density at radius 3 is 2.62 bits per heavy atom. The van der Waals surface area contributed by atoms with Crippen LogP contribution in [0.25, 0.3) is 0 Å². The van der Waals surface area contributed by atoms with Gasteiger partial charge in [0.25, 0.3) is 0 Å². The first-order chi connectivity index (χ1) is 7.63.